The molecule has 1 aromatic carbocycles. The number of halogens is 1. The van der Waals surface area contributed by atoms with Crippen molar-refractivity contribution in [1.29, 1.82) is 0 Å². The SMILES string of the molecule is CCNC(=NCCN1CCN(c2ccc(F)cc2)CC1)NCCc1ccccn1. The molecule has 0 aliphatic carbocycles. The lowest BCUT2D eigenvalue weighted by atomic mass is 10.2. The van der Waals surface area contributed by atoms with Gasteiger partial charge in [0.1, 0.15) is 5.82 Å². The molecule has 1 fully saturated rings. The highest BCUT2D eigenvalue weighted by Gasteiger charge is 2.16. The minimum absolute atomic E-state index is 0.185. The van der Waals surface area contributed by atoms with Crippen LogP contribution in [0.25, 0.3) is 0 Å². The van der Waals surface area contributed by atoms with E-state index in [2.05, 4.69) is 32.3 Å². The van der Waals surface area contributed by atoms with Gasteiger partial charge in [-0.1, -0.05) is 6.07 Å². The second-order valence-electron chi connectivity index (χ2n) is 7.06. The molecule has 0 radical (unpaired) electrons. The van der Waals surface area contributed by atoms with Crippen LogP contribution in [-0.4, -0.2) is 68.2 Å². The molecule has 1 aliphatic rings. The van der Waals surface area contributed by atoms with Crippen LogP contribution in [0.4, 0.5) is 10.1 Å². The van der Waals surface area contributed by atoms with Crippen molar-refractivity contribution in [2.24, 2.45) is 4.99 Å². The summed E-state index contributed by atoms with van der Waals surface area (Å²) in [5, 5.41) is 6.68. The van der Waals surface area contributed by atoms with E-state index in [-0.39, 0.29) is 5.82 Å². The predicted molar refractivity (Wildman–Crippen MR) is 117 cm³/mol. The molecule has 1 aromatic heterocycles. The molecule has 29 heavy (non-hydrogen) atoms. The lowest BCUT2D eigenvalue weighted by Crippen LogP contribution is -2.47. The summed E-state index contributed by atoms with van der Waals surface area (Å²) in [6.07, 6.45) is 2.70. The lowest BCUT2D eigenvalue weighted by molar-refractivity contribution is 0.265. The fraction of sp³-hybridized carbons (Fsp3) is 0.455. The minimum Gasteiger partial charge on any atom is -0.369 e. The second-order valence-corrected chi connectivity index (χ2v) is 7.06. The summed E-state index contributed by atoms with van der Waals surface area (Å²) in [5.41, 5.74) is 2.17. The lowest BCUT2D eigenvalue weighted by Gasteiger charge is -2.35. The van der Waals surface area contributed by atoms with Gasteiger partial charge in [-0.3, -0.25) is 14.9 Å². The fourth-order valence-corrected chi connectivity index (χ4v) is 3.38. The summed E-state index contributed by atoms with van der Waals surface area (Å²) in [7, 11) is 0. The van der Waals surface area contributed by atoms with E-state index in [1.807, 2.05) is 36.5 Å². The summed E-state index contributed by atoms with van der Waals surface area (Å²) in [4.78, 5) is 13.8. The molecule has 2 heterocycles. The molecular formula is C22H31FN6. The zero-order chi connectivity index (χ0) is 20.3. The van der Waals surface area contributed by atoms with Gasteiger partial charge < -0.3 is 15.5 Å². The molecule has 0 unspecified atom stereocenters. The molecular weight excluding hydrogens is 367 g/mol. The molecule has 0 saturated carbocycles. The summed E-state index contributed by atoms with van der Waals surface area (Å²) in [6, 6.07) is 12.7. The molecule has 2 N–H and O–H groups in total. The van der Waals surface area contributed by atoms with Gasteiger partial charge in [0.15, 0.2) is 5.96 Å². The molecule has 156 valence electrons. The van der Waals surface area contributed by atoms with Crippen LogP contribution in [0.1, 0.15) is 12.6 Å². The number of nitrogens with one attached hydrogen (secondary N) is 2. The van der Waals surface area contributed by atoms with Crippen LogP contribution < -0.4 is 15.5 Å². The number of hydrogen-bond donors (Lipinski definition) is 2. The molecule has 0 atom stereocenters. The molecule has 3 rings (SSSR count). The maximum absolute atomic E-state index is 13.1. The number of rotatable bonds is 8. The highest BCUT2D eigenvalue weighted by molar-refractivity contribution is 5.79. The number of guanidine groups is 1. The Morgan fingerprint density at radius 2 is 1.86 bits per heavy atom. The van der Waals surface area contributed by atoms with Crippen LogP contribution in [0.3, 0.4) is 0 Å². The number of hydrogen-bond acceptors (Lipinski definition) is 4. The number of piperazine rings is 1. The second kappa shape index (κ2) is 11.4. The Labute approximate surface area is 172 Å². The third-order valence-electron chi connectivity index (χ3n) is 4.99. The summed E-state index contributed by atoms with van der Waals surface area (Å²) in [5.74, 6) is 0.670. The van der Waals surface area contributed by atoms with Crippen LogP contribution in [0.5, 0.6) is 0 Å². The third-order valence-corrected chi connectivity index (χ3v) is 4.99. The van der Waals surface area contributed by atoms with Crippen LogP contribution in [0, 0.1) is 5.82 Å². The van der Waals surface area contributed by atoms with Crippen molar-refractivity contribution >= 4 is 11.6 Å². The van der Waals surface area contributed by atoms with Crippen LogP contribution in [0.15, 0.2) is 53.7 Å². The van der Waals surface area contributed by atoms with Crippen LogP contribution >= 0.6 is 0 Å². The van der Waals surface area contributed by atoms with Gasteiger partial charge in [-0.15, -0.1) is 0 Å². The predicted octanol–water partition coefficient (Wildman–Crippen LogP) is 2.14. The molecule has 0 spiro atoms. The van der Waals surface area contributed by atoms with Crippen molar-refractivity contribution in [2.75, 3.05) is 57.3 Å². The van der Waals surface area contributed by atoms with Gasteiger partial charge >= 0.3 is 0 Å². The maximum Gasteiger partial charge on any atom is 0.191 e. The fourth-order valence-electron chi connectivity index (χ4n) is 3.38. The normalized spacial score (nSPS) is 15.4. The first kappa shape index (κ1) is 21.0. The van der Waals surface area contributed by atoms with Gasteiger partial charge in [-0.2, -0.15) is 0 Å². The molecule has 0 amide bonds. The van der Waals surface area contributed by atoms with E-state index < -0.39 is 0 Å². The third kappa shape index (κ3) is 7.02. The van der Waals surface area contributed by atoms with E-state index in [1.54, 1.807) is 0 Å². The number of aromatic nitrogens is 1. The molecule has 6 nitrogen and oxygen atoms in total. The summed E-state index contributed by atoms with van der Waals surface area (Å²) < 4.78 is 13.1. The van der Waals surface area contributed by atoms with Crippen molar-refractivity contribution in [3.8, 4) is 0 Å². The Hall–Kier alpha value is -2.67. The molecule has 2 aromatic rings. The average Bonchev–Trinajstić information content (AvgIpc) is 2.76. The first-order chi connectivity index (χ1) is 14.2. The van der Waals surface area contributed by atoms with E-state index in [0.29, 0.717) is 0 Å². The van der Waals surface area contributed by atoms with E-state index in [9.17, 15) is 4.39 Å². The largest absolute Gasteiger partial charge is 0.369 e. The van der Waals surface area contributed by atoms with Gasteiger partial charge in [0.2, 0.25) is 0 Å². The van der Waals surface area contributed by atoms with Crippen molar-refractivity contribution in [3.05, 3.63) is 60.2 Å². The van der Waals surface area contributed by atoms with Gasteiger partial charge in [0.25, 0.3) is 0 Å². The first-order valence-electron chi connectivity index (χ1n) is 10.4. The monoisotopic (exact) mass is 398 g/mol. The van der Waals surface area contributed by atoms with Crippen molar-refractivity contribution in [1.82, 2.24) is 20.5 Å². The van der Waals surface area contributed by atoms with Crippen LogP contribution in [0.2, 0.25) is 0 Å². The molecule has 0 bridgehead atoms. The van der Waals surface area contributed by atoms with Crippen LogP contribution in [-0.2, 0) is 6.42 Å². The van der Waals surface area contributed by atoms with Gasteiger partial charge in [0.05, 0.1) is 6.54 Å². The Balaban J connectivity index is 1.38. The quantitative estimate of drug-likeness (QED) is 0.527. The Kier molecular flexibility index (Phi) is 8.25. The number of benzene rings is 1. The zero-order valence-corrected chi connectivity index (χ0v) is 17.1. The number of pyridine rings is 1. The topological polar surface area (TPSA) is 55.8 Å². The Bertz CT molecular complexity index is 742. The van der Waals surface area contributed by atoms with Crippen molar-refractivity contribution in [3.63, 3.8) is 0 Å². The van der Waals surface area contributed by atoms with Gasteiger partial charge in [-0.25, -0.2) is 4.39 Å². The highest BCUT2D eigenvalue weighted by atomic mass is 19.1. The molecule has 1 aliphatic heterocycles. The van der Waals surface area contributed by atoms with E-state index in [0.717, 1.165) is 76.1 Å². The Morgan fingerprint density at radius 3 is 2.55 bits per heavy atom. The van der Waals surface area contributed by atoms with Gasteiger partial charge in [0, 0.05) is 69.8 Å². The van der Waals surface area contributed by atoms with E-state index in [1.165, 1.54) is 12.1 Å². The number of aliphatic imine (C=N–C) groups is 1. The standard InChI is InChI=1S/C22H31FN6/c1-2-24-22(26-12-10-20-5-3-4-11-25-20)27-13-14-28-15-17-29(18-16-28)21-8-6-19(23)7-9-21/h3-9,11H,2,10,12-18H2,1H3,(H2,24,26,27). The number of nitrogens with zero attached hydrogens (tertiary/aromatic N) is 4. The highest BCUT2D eigenvalue weighted by Crippen LogP contribution is 2.16. The van der Waals surface area contributed by atoms with E-state index >= 15 is 0 Å². The average molecular weight is 399 g/mol. The van der Waals surface area contributed by atoms with Crippen molar-refractivity contribution < 1.29 is 4.39 Å². The Morgan fingerprint density at radius 1 is 1.07 bits per heavy atom. The van der Waals surface area contributed by atoms with Gasteiger partial charge in [-0.05, 0) is 43.3 Å². The zero-order valence-electron chi connectivity index (χ0n) is 17.1. The van der Waals surface area contributed by atoms with Crippen molar-refractivity contribution in [2.45, 2.75) is 13.3 Å². The summed E-state index contributed by atoms with van der Waals surface area (Å²) >= 11 is 0. The minimum atomic E-state index is -0.185. The summed E-state index contributed by atoms with van der Waals surface area (Å²) in [6.45, 7) is 9.32. The first-order valence-corrected chi connectivity index (χ1v) is 10.4. The number of anilines is 1. The smallest absolute Gasteiger partial charge is 0.191 e. The maximum atomic E-state index is 13.1. The molecule has 7 heteroatoms. The molecule has 1 saturated heterocycles. The van der Waals surface area contributed by atoms with E-state index in [4.69, 9.17) is 4.99 Å².